The van der Waals surface area contributed by atoms with E-state index in [9.17, 15) is 18.9 Å². The molecule has 1 N–H and O–H groups in total. The maximum absolute atomic E-state index is 13.0. The van der Waals surface area contributed by atoms with Crippen LogP contribution in [0.15, 0.2) is 42.5 Å². The molecule has 1 amide bonds. The predicted molar refractivity (Wildman–Crippen MR) is 145 cm³/mol. The average Bonchev–Trinajstić information content (AvgIpc) is 3.27. The Labute approximate surface area is 214 Å². The van der Waals surface area contributed by atoms with E-state index in [2.05, 4.69) is 6.07 Å². The van der Waals surface area contributed by atoms with Crippen LogP contribution in [0.25, 0.3) is 22.3 Å². The van der Waals surface area contributed by atoms with Gasteiger partial charge < -0.3 is 10.0 Å². The van der Waals surface area contributed by atoms with Crippen LogP contribution in [0.3, 0.4) is 0 Å². The summed E-state index contributed by atoms with van der Waals surface area (Å²) in [5.74, 6) is -0.764. The molecule has 2 aliphatic heterocycles. The van der Waals surface area contributed by atoms with Gasteiger partial charge in [0, 0.05) is 30.5 Å². The van der Waals surface area contributed by atoms with Gasteiger partial charge in [-0.25, -0.2) is 4.21 Å². The molecule has 0 aliphatic carbocycles. The number of benzene rings is 3. The predicted octanol–water partition coefficient (Wildman–Crippen LogP) is 5.31. The first-order valence-electron chi connectivity index (χ1n) is 12.2. The Hall–Kier alpha value is -3.45. The van der Waals surface area contributed by atoms with E-state index in [1.807, 2.05) is 66.4 Å². The van der Waals surface area contributed by atoms with Crippen LogP contribution in [0.1, 0.15) is 40.7 Å². The first-order valence-corrected chi connectivity index (χ1v) is 13.7. The lowest BCUT2D eigenvalue weighted by Crippen LogP contribution is -2.30. The minimum atomic E-state index is -1.32. The Bertz CT molecular complexity index is 1430. The van der Waals surface area contributed by atoms with Crippen molar-refractivity contribution in [2.75, 3.05) is 22.0 Å². The number of nitrogens with zero attached hydrogens (tertiary/aromatic N) is 2. The molecule has 1 atom stereocenters. The number of rotatable bonds is 5. The Balaban J connectivity index is 1.80. The van der Waals surface area contributed by atoms with E-state index in [1.54, 1.807) is 6.26 Å². The maximum Gasteiger partial charge on any atom is 0.307 e. The molecule has 3 aromatic carbocycles. The van der Waals surface area contributed by atoms with Crippen molar-refractivity contribution in [2.24, 2.45) is 0 Å². The summed E-state index contributed by atoms with van der Waals surface area (Å²) in [6.45, 7) is 7.14. The lowest BCUT2D eigenvalue weighted by atomic mass is 9.81. The van der Waals surface area contributed by atoms with E-state index in [-0.39, 0.29) is 12.3 Å². The molecule has 0 aromatic heterocycles. The summed E-state index contributed by atoms with van der Waals surface area (Å²) in [7, 11) is -1.32. The molecule has 186 valence electrons. The molecule has 5 rings (SSSR count). The summed E-state index contributed by atoms with van der Waals surface area (Å²) in [5.41, 5.74) is 10.3. The van der Waals surface area contributed by atoms with Gasteiger partial charge in [0.2, 0.25) is 5.91 Å². The SMILES string of the molecule is Cc1ccc(-c2c(C)c3c(c(C)c2CC(=O)O)N(S(C)=O)Cc2cc(N4CCCC4=O)ccc2-3)cc1. The molecule has 3 aromatic rings. The summed E-state index contributed by atoms with van der Waals surface area (Å²) < 4.78 is 14.9. The molecule has 36 heavy (non-hydrogen) atoms. The summed E-state index contributed by atoms with van der Waals surface area (Å²) in [6, 6.07) is 14.3. The van der Waals surface area contributed by atoms with Crippen LogP contribution in [0.5, 0.6) is 0 Å². The molecular formula is C29H30N2O4S. The third kappa shape index (κ3) is 4.01. The molecule has 1 unspecified atom stereocenters. The Morgan fingerprint density at radius 2 is 1.75 bits per heavy atom. The number of amides is 1. The zero-order chi connectivity index (χ0) is 25.7. The average molecular weight is 503 g/mol. The van der Waals surface area contributed by atoms with Crippen molar-refractivity contribution in [3.8, 4) is 22.3 Å². The Morgan fingerprint density at radius 3 is 2.36 bits per heavy atom. The van der Waals surface area contributed by atoms with Crippen LogP contribution < -0.4 is 9.21 Å². The second-order valence-corrected chi connectivity index (χ2v) is 11.0. The summed E-state index contributed by atoms with van der Waals surface area (Å²) >= 11 is 0. The van der Waals surface area contributed by atoms with E-state index in [0.29, 0.717) is 19.5 Å². The van der Waals surface area contributed by atoms with Crippen molar-refractivity contribution in [2.45, 2.75) is 46.6 Å². The number of carbonyl (C=O) groups excluding carboxylic acids is 1. The Kier molecular flexibility index (Phi) is 6.20. The standard InChI is InChI=1S/C29H30N2O4S/c1-17-7-9-20(10-8-17)27-19(3)28-23-12-11-22(30-13-5-6-25(30)32)14-21(23)16-31(36(4)35)29(28)18(2)24(27)15-26(33)34/h7-12,14H,5-6,13,15-16H2,1-4H3,(H,33,34). The number of carbonyl (C=O) groups is 2. The van der Waals surface area contributed by atoms with Gasteiger partial charge in [0.05, 0.1) is 18.7 Å². The highest BCUT2D eigenvalue weighted by Gasteiger charge is 2.32. The van der Waals surface area contributed by atoms with Crippen LogP contribution in [-0.4, -0.2) is 34.0 Å². The third-order valence-electron chi connectivity index (χ3n) is 7.38. The molecule has 2 heterocycles. The van der Waals surface area contributed by atoms with Crippen molar-refractivity contribution in [3.63, 3.8) is 0 Å². The van der Waals surface area contributed by atoms with Gasteiger partial charge >= 0.3 is 5.97 Å². The molecular weight excluding hydrogens is 472 g/mol. The molecule has 0 radical (unpaired) electrons. The quantitative estimate of drug-likeness (QED) is 0.513. The van der Waals surface area contributed by atoms with Crippen molar-refractivity contribution in [1.29, 1.82) is 0 Å². The molecule has 2 aliphatic rings. The van der Waals surface area contributed by atoms with Crippen LogP contribution in [0, 0.1) is 20.8 Å². The fourth-order valence-electron chi connectivity index (χ4n) is 5.67. The van der Waals surface area contributed by atoms with Crippen LogP contribution in [0.2, 0.25) is 0 Å². The second kappa shape index (κ2) is 9.21. The van der Waals surface area contributed by atoms with Gasteiger partial charge in [0.1, 0.15) is 11.0 Å². The summed E-state index contributed by atoms with van der Waals surface area (Å²) in [5, 5.41) is 9.78. The van der Waals surface area contributed by atoms with Gasteiger partial charge in [0.15, 0.2) is 0 Å². The topological polar surface area (TPSA) is 77.9 Å². The first kappa shape index (κ1) is 24.3. The van der Waals surface area contributed by atoms with Crippen molar-refractivity contribution in [3.05, 3.63) is 70.3 Å². The highest BCUT2D eigenvalue weighted by atomic mass is 32.2. The second-order valence-electron chi connectivity index (χ2n) is 9.71. The van der Waals surface area contributed by atoms with Crippen LogP contribution in [-0.2, 0) is 33.5 Å². The molecule has 1 fully saturated rings. The zero-order valence-corrected chi connectivity index (χ0v) is 21.9. The van der Waals surface area contributed by atoms with E-state index < -0.39 is 17.0 Å². The van der Waals surface area contributed by atoms with Gasteiger partial charge in [-0.3, -0.25) is 13.9 Å². The number of carboxylic acids is 1. The fraction of sp³-hybridized carbons (Fsp3) is 0.310. The minimum absolute atomic E-state index is 0.115. The lowest BCUT2D eigenvalue weighted by Gasteiger charge is -2.36. The van der Waals surface area contributed by atoms with E-state index >= 15 is 0 Å². The van der Waals surface area contributed by atoms with E-state index in [1.165, 1.54) is 0 Å². The highest BCUT2D eigenvalue weighted by molar-refractivity contribution is 7.85. The molecule has 7 heteroatoms. The molecule has 1 saturated heterocycles. The molecule has 0 spiro atoms. The normalized spacial score (nSPS) is 15.6. The number of carboxylic acid groups (broad SMARTS) is 1. The van der Waals surface area contributed by atoms with Crippen molar-refractivity contribution in [1.82, 2.24) is 0 Å². The number of hydrogen-bond acceptors (Lipinski definition) is 3. The number of aryl methyl sites for hydroxylation is 1. The maximum atomic E-state index is 13.0. The fourth-order valence-corrected chi connectivity index (χ4v) is 6.47. The van der Waals surface area contributed by atoms with Gasteiger partial charge in [-0.2, -0.15) is 0 Å². The lowest BCUT2D eigenvalue weighted by molar-refractivity contribution is -0.136. The van der Waals surface area contributed by atoms with Crippen LogP contribution >= 0.6 is 0 Å². The van der Waals surface area contributed by atoms with Crippen LogP contribution in [0.4, 0.5) is 11.4 Å². The summed E-state index contributed by atoms with van der Waals surface area (Å²) in [4.78, 5) is 26.1. The smallest absolute Gasteiger partial charge is 0.307 e. The highest BCUT2D eigenvalue weighted by Crippen LogP contribution is 2.49. The van der Waals surface area contributed by atoms with Gasteiger partial charge in [-0.15, -0.1) is 0 Å². The molecule has 0 bridgehead atoms. The number of hydrogen-bond donors (Lipinski definition) is 1. The zero-order valence-electron chi connectivity index (χ0n) is 21.1. The molecule has 0 saturated carbocycles. The number of anilines is 2. The van der Waals surface area contributed by atoms with Crippen molar-refractivity contribution >= 4 is 34.2 Å². The largest absolute Gasteiger partial charge is 0.481 e. The van der Waals surface area contributed by atoms with Crippen molar-refractivity contribution < 1.29 is 18.9 Å². The van der Waals surface area contributed by atoms with Gasteiger partial charge in [-0.1, -0.05) is 35.9 Å². The molecule has 6 nitrogen and oxygen atoms in total. The first-order chi connectivity index (χ1) is 17.2. The van der Waals surface area contributed by atoms with Gasteiger partial charge in [-0.05, 0) is 78.3 Å². The van der Waals surface area contributed by atoms with E-state index in [0.717, 1.165) is 67.9 Å². The Morgan fingerprint density at radius 1 is 1.03 bits per heavy atom. The number of aliphatic carboxylic acids is 1. The summed E-state index contributed by atoms with van der Waals surface area (Å²) in [6.07, 6.45) is 2.96. The number of fused-ring (bicyclic) bond motifs is 3. The third-order valence-corrected chi connectivity index (χ3v) is 8.31. The monoisotopic (exact) mass is 502 g/mol. The van der Waals surface area contributed by atoms with Gasteiger partial charge in [0.25, 0.3) is 0 Å². The minimum Gasteiger partial charge on any atom is -0.481 e. The van der Waals surface area contributed by atoms with E-state index in [4.69, 9.17) is 0 Å².